The number of hydrogen-bond donors (Lipinski definition) is 2. The van der Waals surface area contributed by atoms with Gasteiger partial charge in [-0.1, -0.05) is 20.3 Å². The van der Waals surface area contributed by atoms with Crippen LogP contribution in [0.1, 0.15) is 46.0 Å². The third-order valence-electron chi connectivity index (χ3n) is 2.48. The van der Waals surface area contributed by atoms with Crippen LogP contribution in [-0.4, -0.2) is 37.0 Å². The first-order valence-corrected chi connectivity index (χ1v) is 8.05. The van der Waals surface area contributed by atoms with Crippen LogP contribution in [0.5, 0.6) is 0 Å². The molecule has 0 bridgehead atoms. The summed E-state index contributed by atoms with van der Waals surface area (Å²) < 4.78 is 0. The van der Waals surface area contributed by atoms with Gasteiger partial charge in [-0.25, -0.2) is 0 Å². The van der Waals surface area contributed by atoms with Crippen LogP contribution in [0.25, 0.3) is 0 Å². The standard InChI is InChI=1S/C13H28N2OS/c1-12(2)14-10-7-8-13(16)15-9-5-4-6-11-17-3/h12,14H,4-11H2,1-3H3,(H,15,16). The SMILES string of the molecule is CSCCCCCNC(=O)CCCNC(C)C. The Morgan fingerprint density at radius 3 is 2.53 bits per heavy atom. The van der Waals surface area contributed by atoms with Gasteiger partial charge in [-0.15, -0.1) is 0 Å². The highest BCUT2D eigenvalue weighted by atomic mass is 32.2. The molecular formula is C13H28N2OS. The number of carbonyl (C=O) groups excluding carboxylic acids is 1. The molecule has 3 nitrogen and oxygen atoms in total. The molecule has 0 aliphatic heterocycles. The molecule has 2 N–H and O–H groups in total. The van der Waals surface area contributed by atoms with Crippen molar-refractivity contribution in [1.82, 2.24) is 10.6 Å². The maximum Gasteiger partial charge on any atom is 0.220 e. The van der Waals surface area contributed by atoms with Crippen molar-refractivity contribution in [3.05, 3.63) is 0 Å². The predicted octanol–water partition coefficient (Wildman–Crippen LogP) is 2.41. The molecule has 0 fully saturated rings. The fraction of sp³-hybridized carbons (Fsp3) is 0.923. The Morgan fingerprint density at radius 2 is 1.88 bits per heavy atom. The molecule has 0 aliphatic rings. The van der Waals surface area contributed by atoms with Crippen LogP contribution in [0.3, 0.4) is 0 Å². The van der Waals surface area contributed by atoms with Gasteiger partial charge in [0.1, 0.15) is 0 Å². The summed E-state index contributed by atoms with van der Waals surface area (Å²) in [6.07, 6.45) is 7.29. The number of nitrogens with one attached hydrogen (secondary N) is 2. The average molecular weight is 260 g/mol. The van der Waals surface area contributed by atoms with E-state index in [9.17, 15) is 4.79 Å². The Kier molecular flexibility index (Phi) is 12.1. The maximum atomic E-state index is 11.4. The lowest BCUT2D eigenvalue weighted by molar-refractivity contribution is -0.121. The summed E-state index contributed by atoms with van der Waals surface area (Å²) in [5.74, 6) is 1.43. The van der Waals surface area contributed by atoms with Gasteiger partial charge in [0.05, 0.1) is 0 Å². The Bertz CT molecular complexity index is 186. The van der Waals surface area contributed by atoms with Gasteiger partial charge in [-0.3, -0.25) is 4.79 Å². The first kappa shape index (κ1) is 16.8. The number of rotatable bonds is 11. The van der Waals surface area contributed by atoms with Crippen molar-refractivity contribution in [3.8, 4) is 0 Å². The highest BCUT2D eigenvalue weighted by Gasteiger charge is 2.00. The van der Waals surface area contributed by atoms with Crippen molar-refractivity contribution in [2.24, 2.45) is 0 Å². The lowest BCUT2D eigenvalue weighted by Gasteiger charge is -2.08. The Hall–Kier alpha value is -0.220. The van der Waals surface area contributed by atoms with Crippen molar-refractivity contribution >= 4 is 17.7 Å². The van der Waals surface area contributed by atoms with E-state index >= 15 is 0 Å². The minimum Gasteiger partial charge on any atom is -0.356 e. The molecule has 0 atom stereocenters. The Balaban J connectivity index is 3.18. The number of thioether (sulfide) groups is 1. The molecule has 0 saturated carbocycles. The van der Waals surface area contributed by atoms with Crippen molar-refractivity contribution < 1.29 is 4.79 Å². The van der Waals surface area contributed by atoms with E-state index in [0.29, 0.717) is 12.5 Å². The van der Waals surface area contributed by atoms with E-state index in [4.69, 9.17) is 0 Å². The quantitative estimate of drug-likeness (QED) is 0.561. The summed E-state index contributed by atoms with van der Waals surface area (Å²) in [6, 6.07) is 0.509. The largest absolute Gasteiger partial charge is 0.356 e. The smallest absolute Gasteiger partial charge is 0.220 e. The fourth-order valence-electron chi connectivity index (χ4n) is 1.50. The second-order valence-electron chi connectivity index (χ2n) is 4.62. The van der Waals surface area contributed by atoms with Crippen LogP contribution in [0.15, 0.2) is 0 Å². The van der Waals surface area contributed by atoms with Gasteiger partial charge in [0.2, 0.25) is 5.91 Å². The molecule has 0 heterocycles. The Morgan fingerprint density at radius 1 is 1.12 bits per heavy atom. The normalized spacial score (nSPS) is 10.8. The van der Waals surface area contributed by atoms with Gasteiger partial charge in [0.15, 0.2) is 0 Å². The third kappa shape index (κ3) is 13.7. The predicted molar refractivity (Wildman–Crippen MR) is 77.6 cm³/mol. The van der Waals surface area contributed by atoms with Crippen molar-refractivity contribution in [2.45, 2.75) is 52.0 Å². The van der Waals surface area contributed by atoms with Crippen molar-refractivity contribution in [1.29, 1.82) is 0 Å². The minimum atomic E-state index is 0.195. The zero-order valence-electron chi connectivity index (χ0n) is 11.6. The zero-order chi connectivity index (χ0) is 12.9. The summed E-state index contributed by atoms with van der Waals surface area (Å²) >= 11 is 1.89. The minimum absolute atomic E-state index is 0.195. The average Bonchev–Trinajstić information content (AvgIpc) is 2.29. The second-order valence-corrected chi connectivity index (χ2v) is 5.60. The zero-order valence-corrected chi connectivity index (χ0v) is 12.4. The molecule has 0 aliphatic carbocycles. The highest BCUT2D eigenvalue weighted by molar-refractivity contribution is 7.98. The van der Waals surface area contributed by atoms with Crippen LogP contribution in [0.2, 0.25) is 0 Å². The molecule has 0 aromatic rings. The molecule has 102 valence electrons. The second kappa shape index (κ2) is 12.2. The first-order valence-electron chi connectivity index (χ1n) is 6.66. The molecule has 0 rings (SSSR count). The molecule has 0 radical (unpaired) electrons. The molecule has 0 saturated heterocycles. The van der Waals surface area contributed by atoms with Gasteiger partial charge < -0.3 is 10.6 Å². The molecule has 0 aromatic heterocycles. The summed E-state index contributed by atoms with van der Waals surface area (Å²) in [6.45, 7) is 6.01. The van der Waals surface area contributed by atoms with Crippen LogP contribution < -0.4 is 10.6 Å². The fourth-order valence-corrected chi connectivity index (χ4v) is 2.00. The lowest BCUT2D eigenvalue weighted by atomic mass is 10.2. The number of hydrogen-bond acceptors (Lipinski definition) is 3. The molecule has 0 spiro atoms. The van der Waals surface area contributed by atoms with Crippen LogP contribution in [-0.2, 0) is 4.79 Å². The third-order valence-corrected chi connectivity index (χ3v) is 3.18. The first-order chi connectivity index (χ1) is 8.16. The molecule has 0 aromatic carbocycles. The van der Waals surface area contributed by atoms with Gasteiger partial charge in [-0.2, -0.15) is 11.8 Å². The monoisotopic (exact) mass is 260 g/mol. The maximum absolute atomic E-state index is 11.4. The summed E-state index contributed by atoms with van der Waals surface area (Å²) in [5.41, 5.74) is 0. The summed E-state index contributed by atoms with van der Waals surface area (Å²) in [4.78, 5) is 11.4. The van der Waals surface area contributed by atoms with Crippen molar-refractivity contribution in [3.63, 3.8) is 0 Å². The van der Waals surface area contributed by atoms with Gasteiger partial charge in [0.25, 0.3) is 0 Å². The van der Waals surface area contributed by atoms with Crippen molar-refractivity contribution in [2.75, 3.05) is 25.1 Å². The number of amides is 1. The molecule has 1 amide bonds. The lowest BCUT2D eigenvalue weighted by Crippen LogP contribution is -2.27. The van der Waals surface area contributed by atoms with Gasteiger partial charge in [-0.05, 0) is 37.8 Å². The van der Waals surface area contributed by atoms with E-state index < -0.39 is 0 Å². The van der Waals surface area contributed by atoms with E-state index in [2.05, 4.69) is 30.7 Å². The van der Waals surface area contributed by atoms with Crippen LogP contribution >= 0.6 is 11.8 Å². The van der Waals surface area contributed by atoms with E-state index in [1.54, 1.807) is 0 Å². The van der Waals surface area contributed by atoms with Gasteiger partial charge >= 0.3 is 0 Å². The van der Waals surface area contributed by atoms with E-state index in [1.165, 1.54) is 18.6 Å². The van der Waals surface area contributed by atoms with E-state index in [-0.39, 0.29) is 5.91 Å². The molecule has 17 heavy (non-hydrogen) atoms. The highest BCUT2D eigenvalue weighted by Crippen LogP contribution is 2.01. The molecule has 4 heteroatoms. The topological polar surface area (TPSA) is 41.1 Å². The number of unbranched alkanes of at least 4 members (excludes halogenated alkanes) is 2. The molecule has 0 unspecified atom stereocenters. The van der Waals surface area contributed by atoms with E-state index in [1.807, 2.05) is 11.8 Å². The summed E-state index contributed by atoms with van der Waals surface area (Å²) in [5, 5.41) is 6.28. The van der Waals surface area contributed by atoms with Gasteiger partial charge in [0, 0.05) is 19.0 Å². The number of carbonyl (C=O) groups is 1. The van der Waals surface area contributed by atoms with Crippen LogP contribution in [0.4, 0.5) is 0 Å². The van der Waals surface area contributed by atoms with Crippen LogP contribution in [0, 0.1) is 0 Å². The Labute approximate surface area is 111 Å². The summed E-state index contributed by atoms with van der Waals surface area (Å²) in [7, 11) is 0. The van der Waals surface area contributed by atoms with E-state index in [0.717, 1.165) is 25.9 Å². The molecular weight excluding hydrogens is 232 g/mol.